The molecule has 1 aromatic heterocycles. The molecule has 0 aliphatic rings. The monoisotopic (exact) mass is 207 g/mol. The van der Waals surface area contributed by atoms with Crippen LogP contribution >= 0.6 is 0 Å². The van der Waals surface area contributed by atoms with E-state index in [1.807, 2.05) is 24.3 Å². The van der Waals surface area contributed by atoms with E-state index in [2.05, 4.69) is 16.8 Å². The Kier molecular flexibility index (Phi) is 3.10. The minimum Gasteiger partial charge on any atom is -0.298 e. The van der Waals surface area contributed by atoms with Crippen LogP contribution in [0.4, 0.5) is 0 Å². The zero-order valence-corrected chi connectivity index (χ0v) is 8.55. The molecule has 2 aromatic rings. The summed E-state index contributed by atoms with van der Waals surface area (Å²) in [5.74, 6) is 6.00. The fraction of sp³-hybridized carbons (Fsp3) is 0. The molecule has 0 amide bonds. The van der Waals surface area contributed by atoms with Crippen molar-refractivity contribution in [2.24, 2.45) is 0 Å². The molecule has 0 aliphatic carbocycles. The van der Waals surface area contributed by atoms with E-state index in [0.29, 0.717) is 5.56 Å². The second kappa shape index (κ2) is 4.90. The summed E-state index contributed by atoms with van der Waals surface area (Å²) < 4.78 is 0. The van der Waals surface area contributed by atoms with Gasteiger partial charge in [0.25, 0.3) is 0 Å². The Balaban J connectivity index is 2.21. The Hall–Kier alpha value is -2.40. The molecule has 16 heavy (non-hydrogen) atoms. The molecule has 0 spiro atoms. The molecule has 0 unspecified atom stereocenters. The summed E-state index contributed by atoms with van der Waals surface area (Å²) >= 11 is 0. The van der Waals surface area contributed by atoms with E-state index < -0.39 is 0 Å². The van der Waals surface area contributed by atoms with Crippen molar-refractivity contribution >= 4 is 6.29 Å². The van der Waals surface area contributed by atoms with Crippen molar-refractivity contribution in [2.45, 2.75) is 0 Å². The predicted octanol–water partition coefficient (Wildman–Crippen LogP) is 2.29. The number of carbonyl (C=O) groups is 1. The summed E-state index contributed by atoms with van der Waals surface area (Å²) in [6.07, 6.45) is 4.25. The molecule has 0 radical (unpaired) electrons. The average Bonchev–Trinajstić information content (AvgIpc) is 2.38. The first-order chi connectivity index (χ1) is 7.88. The summed E-state index contributed by atoms with van der Waals surface area (Å²) in [6, 6.07) is 10.9. The highest BCUT2D eigenvalue weighted by Gasteiger charge is 1.89. The molecule has 0 fully saturated rings. The van der Waals surface area contributed by atoms with Gasteiger partial charge in [-0.25, -0.2) is 0 Å². The van der Waals surface area contributed by atoms with Gasteiger partial charge in [-0.3, -0.25) is 9.78 Å². The Morgan fingerprint density at radius 1 is 1.00 bits per heavy atom. The van der Waals surface area contributed by atoms with Crippen molar-refractivity contribution in [1.29, 1.82) is 0 Å². The Morgan fingerprint density at radius 2 is 1.75 bits per heavy atom. The third-order valence-electron chi connectivity index (χ3n) is 2.06. The van der Waals surface area contributed by atoms with E-state index in [1.54, 1.807) is 24.5 Å². The van der Waals surface area contributed by atoms with E-state index in [4.69, 9.17) is 0 Å². The first-order valence-electron chi connectivity index (χ1n) is 4.86. The van der Waals surface area contributed by atoms with E-state index >= 15 is 0 Å². The molecule has 1 aromatic carbocycles. The van der Waals surface area contributed by atoms with Gasteiger partial charge in [-0.05, 0) is 24.3 Å². The molecule has 0 aliphatic heterocycles. The number of hydrogen-bond donors (Lipinski definition) is 0. The van der Waals surface area contributed by atoms with Crippen LogP contribution in [0.3, 0.4) is 0 Å². The van der Waals surface area contributed by atoms with Crippen LogP contribution in [0.15, 0.2) is 48.8 Å². The fourth-order valence-corrected chi connectivity index (χ4v) is 1.23. The molecule has 1 heterocycles. The molecule has 0 N–H and O–H groups in total. The average molecular weight is 207 g/mol. The van der Waals surface area contributed by atoms with Gasteiger partial charge in [-0.15, -0.1) is 0 Å². The third kappa shape index (κ3) is 2.55. The van der Waals surface area contributed by atoms with E-state index in [1.165, 1.54) is 0 Å². The van der Waals surface area contributed by atoms with E-state index in [9.17, 15) is 4.79 Å². The number of rotatable bonds is 1. The molecule has 2 nitrogen and oxygen atoms in total. The Labute approximate surface area is 94.0 Å². The van der Waals surface area contributed by atoms with Crippen molar-refractivity contribution in [3.63, 3.8) is 0 Å². The van der Waals surface area contributed by atoms with Crippen LogP contribution in [0, 0.1) is 11.8 Å². The highest BCUT2D eigenvalue weighted by atomic mass is 16.1. The number of benzene rings is 1. The third-order valence-corrected chi connectivity index (χ3v) is 2.06. The Bertz CT molecular complexity index is 532. The summed E-state index contributed by atoms with van der Waals surface area (Å²) in [6.45, 7) is 0. The van der Waals surface area contributed by atoms with E-state index in [-0.39, 0.29) is 0 Å². The van der Waals surface area contributed by atoms with E-state index in [0.717, 1.165) is 17.4 Å². The minimum absolute atomic E-state index is 0.659. The van der Waals surface area contributed by atoms with Gasteiger partial charge in [-0.2, -0.15) is 0 Å². The first kappa shape index (κ1) is 10.1. The SMILES string of the molecule is O=Cc1ccc(C#Cc2cccnc2)cc1. The van der Waals surface area contributed by atoms with Crippen LogP contribution in [0.2, 0.25) is 0 Å². The smallest absolute Gasteiger partial charge is 0.150 e. The van der Waals surface area contributed by atoms with Crippen LogP contribution in [-0.4, -0.2) is 11.3 Å². The molecular weight excluding hydrogens is 198 g/mol. The molecule has 0 saturated heterocycles. The number of nitrogens with zero attached hydrogens (tertiary/aromatic N) is 1. The summed E-state index contributed by atoms with van der Waals surface area (Å²) in [5.41, 5.74) is 2.42. The van der Waals surface area contributed by atoms with Gasteiger partial charge in [0, 0.05) is 29.1 Å². The lowest BCUT2D eigenvalue weighted by atomic mass is 10.1. The van der Waals surface area contributed by atoms with Gasteiger partial charge < -0.3 is 0 Å². The van der Waals surface area contributed by atoms with Crippen molar-refractivity contribution in [1.82, 2.24) is 4.98 Å². The number of pyridine rings is 1. The largest absolute Gasteiger partial charge is 0.298 e. The zero-order valence-electron chi connectivity index (χ0n) is 8.55. The lowest BCUT2D eigenvalue weighted by molar-refractivity contribution is 0.112. The highest BCUT2D eigenvalue weighted by molar-refractivity contribution is 5.74. The quantitative estimate of drug-likeness (QED) is 0.530. The fourth-order valence-electron chi connectivity index (χ4n) is 1.23. The second-order valence-corrected chi connectivity index (χ2v) is 3.23. The van der Waals surface area contributed by atoms with Gasteiger partial charge in [0.15, 0.2) is 0 Å². The van der Waals surface area contributed by atoms with Crippen molar-refractivity contribution in [2.75, 3.05) is 0 Å². The van der Waals surface area contributed by atoms with Gasteiger partial charge in [0.2, 0.25) is 0 Å². The number of aldehydes is 1. The molecule has 0 bridgehead atoms. The molecule has 2 heteroatoms. The second-order valence-electron chi connectivity index (χ2n) is 3.23. The zero-order chi connectivity index (χ0) is 11.2. The van der Waals surface area contributed by atoms with Crippen molar-refractivity contribution in [3.05, 3.63) is 65.5 Å². The van der Waals surface area contributed by atoms with Gasteiger partial charge in [0.05, 0.1) is 0 Å². The molecule has 0 atom stereocenters. The maximum atomic E-state index is 10.5. The van der Waals surface area contributed by atoms with Crippen LogP contribution in [0.1, 0.15) is 21.5 Å². The van der Waals surface area contributed by atoms with Crippen molar-refractivity contribution in [3.8, 4) is 11.8 Å². The van der Waals surface area contributed by atoms with Gasteiger partial charge >= 0.3 is 0 Å². The molecule has 0 saturated carbocycles. The predicted molar refractivity (Wildman–Crippen MR) is 62.0 cm³/mol. The maximum Gasteiger partial charge on any atom is 0.150 e. The maximum absolute atomic E-state index is 10.5. The summed E-state index contributed by atoms with van der Waals surface area (Å²) in [4.78, 5) is 14.4. The number of carbonyl (C=O) groups excluding carboxylic acids is 1. The minimum atomic E-state index is 0.659. The molecule has 76 valence electrons. The first-order valence-corrected chi connectivity index (χ1v) is 4.86. The summed E-state index contributed by atoms with van der Waals surface area (Å²) in [7, 11) is 0. The lowest BCUT2D eigenvalue weighted by Crippen LogP contribution is -1.80. The van der Waals surface area contributed by atoms with Crippen LogP contribution < -0.4 is 0 Å². The Morgan fingerprint density at radius 3 is 2.38 bits per heavy atom. The highest BCUT2D eigenvalue weighted by Crippen LogP contribution is 2.01. The van der Waals surface area contributed by atoms with Crippen LogP contribution in [-0.2, 0) is 0 Å². The van der Waals surface area contributed by atoms with Crippen LogP contribution in [0.5, 0.6) is 0 Å². The van der Waals surface area contributed by atoms with Gasteiger partial charge in [0.1, 0.15) is 6.29 Å². The standard InChI is InChI=1S/C14H9NO/c16-11-14-7-4-12(5-8-14)3-6-13-2-1-9-15-10-13/h1-2,4-5,7-11H. The molecular formula is C14H9NO. The van der Waals surface area contributed by atoms with Gasteiger partial charge in [-0.1, -0.05) is 24.0 Å². The molecule has 2 rings (SSSR count). The normalized spacial score (nSPS) is 9.00. The summed E-state index contributed by atoms with van der Waals surface area (Å²) in [5, 5.41) is 0. The topological polar surface area (TPSA) is 30.0 Å². The van der Waals surface area contributed by atoms with Crippen LogP contribution in [0.25, 0.3) is 0 Å². The number of hydrogen-bond acceptors (Lipinski definition) is 2. The lowest BCUT2D eigenvalue weighted by Gasteiger charge is -1.91. The number of aromatic nitrogens is 1. The van der Waals surface area contributed by atoms with Crippen molar-refractivity contribution < 1.29 is 4.79 Å².